The van der Waals surface area contributed by atoms with E-state index in [1.54, 1.807) is 4.90 Å². The summed E-state index contributed by atoms with van der Waals surface area (Å²) in [7, 11) is 0. The fourth-order valence-electron chi connectivity index (χ4n) is 2.05. The molecule has 0 aliphatic carbocycles. The Hall–Kier alpha value is -1.06. The molecule has 1 aliphatic rings. The molecule has 2 amide bonds. The highest BCUT2D eigenvalue weighted by Gasteiger charge is 2.41. The van der Waals surface area contributed by atoms with E-state index >= 15 is 0 Å². The summed E-state index contributed by atoms with van der Waals surface area (Å²) in [6.45, 7) is 12.4. The first-order chi connectivity index (χ1) is 7.52. The van der Waals surface area contributed by atoms with E-state index < -0.39 is 5.92 Å². The van der Waals surface area contributed by atoms with Crippen molar-refractivity contribution in [3.05, 3.63) is 0 Å². The summed E-state index contributed by atoms with van der Waals surface area (Å²) in [5.41, 5.74) is -0.486. The second-order valence-electron chi connectivity index (χ2n) is 6.74. The van der Waals surface area contributed by atoms with Gasteiger partial charge in [-0.05, 0) is 48.0 Å². The Bertz CT molecular complexity index is 323. The Kier molecular flexibility index (Phi) is 3.55. The topological polar surface area (TPSA) is 49.4 Å². The third-order valence-corrected chi connectivity index (χ3v) is 2.83. The average Bonchev–Trinajstić information content (AvgIpc) is 2.42. The molecule has 1 saturated heterocycles. The zero-order chi connectivity index (χ0) is 13.4. The lowest BCUT2D eigenvalue weighted by Crippen LogP contribution is -2.48. The van der Waals surface area contributed by atoms with E-state index in [-0.39, 0.29) is 22.9 Å². The summed E-state index contributed by atoms with van der Waals surface area (Å²) in [5.74, 6) is -0.693. The van der Waals surface area contributed by atoms with E-state index in [9.17, 15) is 9.59 Å². The molecule has 4 heteroatoms. The van der Waals surface area contributed by atoms with Gasteiger partial charge in [0.2, 0.25) is 11.8 Å². The van der Waals surface area contributed by atoms with Crippen molar-refractivity contribution in [1.29, 1.82) is 0 Å². The van der Waals surface area contributed by atoms with Crippen molar-refractivity contribution < 1.29 is 9.59 Å². The molecule has 17 heavy (non-hydrogen) atoms. The first-order valence-corrected chi connectivity index (χ1v) is 6.16. The number of hydrogen-bond acceptors (Lipinski definition) is 2. The summed E-state index contributed by atoms with van der Waals surface area (Å²) in [6, 6.07) is 0. The predicted octanol–water partition coefficient (Wildman–Crippen LogP) is 1.55. The molecule has 4 nitrogen and oxygen atoms in total. The lowest BCUT2D eigenvalue weighted by molar-refractivity contribution is -0.140. The van der Waals surface area contributed by atoms with Crippen LogP contribution in [0.1, 0.15) is 48.0 Å². The summed E-state index contributed by atoms with van der Waals surface area (Å²) in [5, 5.41) is 2.88. The molecule has 98 valence electrons. The van der Waals surface area contributed by atoms with Gasteiger partial charge in [-0.1, -0.05) is 0 Å². The minimum absolute atomic E-state index is 0.0424. The molecule has 1 fully saturated rings. The van der Waals surface area contributed by atoms with Crippen LogP contribution in [0.15, 0.2) is 0 Å². The van der Waals surface area contributed by atoms with Crippen LogP contribution in [0.4, 0.5) is 0 Å². The number of rotatable bonds is 1. The van der Waals surface area contributed by atoms with Gasteiger partial charge in [-0.25, -0.2) is 0 Å². The number of hydrogen-bond donors (Lipinski definition) is 1. The molecule has 0 spiro atoms. The highest BCUT2D eigenvalue weighted by atomic mass is 16.2. The minimum Gasteiger partial charge on any atom is -0.351 e. The third-order valence-electron chi connectivity index (χ3n) is 2.83. The van der Waals surface area contributed by atoms with E-state index in [4.69, 9.17) is 0 Å². The van der Waals surface area contributed by atoms with Gasteiger partial charge in [-0.15, -0.1) is 0 Å². The Morgan fingerprint density at radius 1 is 1.24 bits per heavy atom. The van der Waals surface area contributed by atoms with Gasteiger partial charge >= 0.3 is 0 Å². The summed E-state index contributed by atoms with van der Waals surface area (Å²) in [6.07, 6.45) is 0.623. The van der Waals surface area contributed by atoms with Crippen molar-refractivity contribution in [2.75, 3.05) is 6.54 Å². The van der Waals surface area contributed by atoms with Crippen molar-refractivity contribution in [1.82, 2.24) is 10.2 Å². The van der Waals surface area contributed by atoms with Crippen LogP contribution in [0.3, 0.4) is 0 Å². The normalized spacial score (nSPS) is 21.9. The molecular weight excluding hydrogens is 216 g/mol. The molecule has 0 saturated carbocycles. The number of nitrogens with one attached hydrogen (secondary N) is 1. The van der Waals surface area contributed by atoms with Gasteiger partial charge in [0.15, 0.2) is 0 Å². The van der Waals surface area contributed by atoms with Gasteiger partial charge in [0.25, 0.3) is 0 Å². The number of likely N-dealkylation sites (tertiary alicyclic amines) is 1. The minimum atomic E-state index is -0.506. The second kappa shape index (κ2) is 4.31. The third kappa shape index (κ3) is 3.45. The van der Waals surface area contributed by atoms with Crippen LogP contribution in [0, 0.1) is 5.92 Å². The van der Waals surface area contributed by atoms with Crippen LogP contribution < -0.4 is 5.32 Å². The average molecular weight is 240 g/mol. The molecule has 0 aromatic carbocycles. The molecule has 1 atom stereocenters. The molecule has 1 aliphatic heterocycles. The summed E-state index contributed by atoms with van der Waals surface area (Å²) >= 11 is 0. The van der Waals surface area contributed by atoms with Gasteiger partial charge in [-0.3, -0.25) is 9.59 Å². The first-order valence-electron chi connectivity index (χ1n) is 6.16. The van der Waals surface area contributed by atoms with E-state index in [0.29, 0.717) is 13.0 Å². The van der Waals surface area contributed by atoms with Crippen LogP contribution in [-0.2, 0) is 9.59 Å². The molecular formula is C13H24N2O2. The maximum atomic E-state index is 12.1. The number of carbonyl (C=O) groups excluding carboxylic acids is 2. The fraction of sp³-hybridized carbons (Fsp3) is 0.846. The Morgan fingerprint density at radius 3 is 2.12 bits per heavy atom. The van der Waals surface area contributed by atoms with Crippen molar-refractivity contribution in [3.63, 3.8) is 0 Å². The Labute approximate surface area is 104 Å². The van der Waals surface area contributed by atoms with E-state index in [0.717, 1.165) is 0 Å². The summed E-state index contributed by atoms with van der Waals surface area (Å²) in [4.78, 5) is 25.9. The molecule has 0 radical (unpaired) electrons. The highest BCUT2D eigenvalue weighted by Crippen LogP contribution is 2.26. The van der Waals surface area contributed by atoms with Gasteiger partial charge < -0.3 is 10.2 Å². The number of carbonyl (C=O) groups is 2. The fourth-order valence-corrected chi connectivity index (χ4v) is 2.05. The van der Waals surface area contributed by atoms with Gasteiger partial charge in [0.1, 0.15) is 5.92 Å². The van der Waals surface area contributed by atoms with E-state index in [1.165, 1.54) is 0 Å². The second-order valence-corrected chi connectivity index (χ2v) is 6.74. The van der Waals surface area contributed by atoms with Gasteiger partial charge in [-0.2, -0.15) is 0 Å². The zero-order valence-electron chi connectivity index (χ0n) is 11.8. The lowest BCUT2D eigenvalue weighted by Gasteiger charge is -2.32. The van der Waals surface area contributed by atoms with Crippen LogP contribution >= 0.6 is 0 Å². The van der Waals surface area contributed by atoms with Gasteiger partial charge in [0, 0.05) is 17.6 Å². The SMILES string of the molecule is CC(C)(C)NC(=O)C1CCN(C(C)(C)C)C1=O. The van der Waals surface area contributed by atoms with Crippen LogP contribution in [-0.4, -0.2) is 34.3 Å². The maximum Gasteiger partial charge on any atom is 0.235 e. The van der Waals surface area contributed by atoms with Crippen molar-refractivity contribution >= 4 is 11.8 Å². The Balaban J connectivity index is 2.71. The smallest absolute Gasteiger partial charge is 0.235 e. The number of amides is 2. The van der Waals surface area contributed by atoms with Crippen LogP contribution in [0.5, 0.6) is 0 Å². The van der Waals surface area contributed by atoms with E-state index in [2.05, 4.69) is 5.32 Å². The molecule has 0 aromatic heterocycles. The van der Waals surface area contributed by atoms with Crippen molar-refractivity contribution in [2.45, 2.75) is 59.0 Å². The molecule has 0 aromatic rings. The molecule has 1 heterocycles. The standard InChI is InChI=1S/C13H24N2O2/c1-12(2,3)14-10(16)9-7-8-15(11(9)17)13(4,5)6/h9H,7-8H2,1-6H3,(H,14,16). The number of nitrogens with zero attached hydrogens (tertiary/aromatic N) is 1. The van der Waals surface area contributed by atoms with Gasteiger partial charge in [0.05, 0.1) is 0 Å². The van der Waals surface area contributed by atoms with Crippen LogP contribution in [0.25, 0.3) is 0 Å². The highest BCUT2D eigenvalue weighted by molar-refractivity contribution is 6.02. The summed E-state index contributed by atoms with van der Waals surface area (Å²) < 4.78 is 0. The van der Waals surface area contributed by atoms with Crippen molar-refractivity contribution in [2.24, 2.45) is 5.92 Å². The Morgan fingerprint density at radius 2 is 1.76 bits per heavy atom. The molecule has 1 N–H and O–H groups in total. The largest absolute Gasteiger partial charge is 0.351 e. The molecule has 0 bridgehead atoms. The van der Waals surface area contributed by atoms with Crippen molar-refractivity contribution in [3.8, 4) is 0 Å². The maximum absolute atomic E-state index is 12.1. The van der Waals surface area contributed by atoms with Crippen LogP contribution in [0.2, 0.25) is 0 Å². The predicted molar refractivity (Wildman–Crippen MR) is 67.5 cm³/mol. The lowest BCUT2D eigenvalue weighted by atomic mass is 10.0. The quantitative estimate of drug-likeness (QED) is 0.707. The zero-order valence-corrected chi connectivity index (χ0v) is 11.8. The van der Waals surface area contributed by atoms with E-state index in [1.807, 2.05) is 41.5 Å². The monoisotopic (exact) mass is 240 g/mol. The molecule has 1 unspecified atom stereocenters. The molecule has 1 rings (SSSR count). The first kappa shape index (κ1) is 14.0.